The summed E-state index contributed by atoms with van der Waals surface area (Å²) >= 11 is 0. The van der Waals surface area contributed by atoms with E-state index in [0.717, 1.165) is 13.0 Å². The van der Waals surface area contributed by atoms with Gasteiger partial charge in [0.25, 0.3) is 0 Å². The Hall–Kier alpha value is -0.120. The molecule has 0 saturated heterocycles. The molecule has 2 N–H and O–H groups in total. The minimum absolute atomic E-state index is 0.148. The van der Waals surface area contributed by atoms with Gasteiger partial charge in [-0.05, 0) is 19.3 Å². The van der Waals surface area contributed by atoms with E-state index >= 15 is 0 Å². The highest BCUT2D eigenvalue weighted by atomic mass is 16.5. The first kappa shape index (κ1) is 19.9. The lowest BCUT2D eigenvalue weighted by molar-refractivity contribution is 0.0278. The number of aliphatic hydroxyl groups excluding tert-OH is 2. The summed E-state index contributed by atoms with van der Waals surface area (Å²) in [6.45, 7) is 3.58. The summed E-state index contributed by atoms with van der Waals surface area (Å²) in [7, 11) is 0. The van der Waals surface area contributed by atoms with Gasteiger partial charge in [-0.25, -0.2) is 0 Å². The normalized spacial score (nSPS) is 12.8. The smallest absolute Gasteiger partial charge is 0.0774 e. The van der Waals surface area contributed by atoms with E-state index in [-0.39, 0.29) is 6.61 Å². The molecular formula is C17H36O3. The van der Waals surface area contributed by atoms with E-state index in [4.69, 9.17) is 9.84 Å². The molecule has 0 heterocycles. The van der Waals surface area contributed by atoms with Gasteiger partial charge in [-0.3, -0.25) is 0 Å². The van der Waals surface area contributed by atoms with Crippen molar-refractivity contribution in [1.29, 1.82) is 0 Å². The molecule has 0 aliphatic heterocycles. The topological polar surface area (TPSA) is 49.7 Å². The van der Waals surface area contributed by atoms with Gasteiger partial charge < -0.3 is 14.9 Å². The summed E-state index contributed by atoms with van der Waals surface area (Å²) in [5, 5.41) is 18.1. The summed E-state index contributed by atoms with van der Waals surface area (Å²) in [6, 6.07) is 0. The molecule has 0 aliphatic carbocycles. The summed E-state index contributed by atoms with van der Waals surface area (Å²) in [4.78, 5) is 0. The summed E-state index contributed by atoms with van der Waals surface area (Å²) in [5.41, 5.74) is 0. The van der Waals surface area contributed by atoms with Crippen molar-refractivity contribution in [3.8, 4) is 0 Å². The largest absolute Gasteiger partial charge is 0.396 e. The third-order valence-corrected chi connectivity index (χ3v) is 3.65. The van der Waals surface area contributed by atoms with E-state index in [9.17, 15) is 5.11 Å². The zero-order valence-corrected chi connectivity index (χ0v) is 13.5. The number of aliphatic hydroxyl groups is 2. The second-order valence-electron chi connectivity index (χ2n) is 5.78. The molecule has 0 rings (SSSR count). The van der Waals surface area contributed by atoms with Crippen molar-refractivity contribution < 1.29 is 14.9 Å². The number of hydrogen-bond acceptors (Lipinski definition) is 3. The maximum Gasteiger partial charge on any atom is 0.0774 e. The third-order valence-electron chi connectivity index (χ3n) is 3.65. The monoisotopic (exact) mass is 288 g/mol. The average Bonchev–Trinajstić information content (AvgIpc) is 2.46. The first-order valence-corrected chi connectivity index (χ1v) is 8.68. The van der Waals surface area contributed by atoms with Gasteiger partial charge in [0, 0.05) is 13.2 Å². The molecule has 0 spiro atoms. The predicted molar refractivity (Wildman–Crippen MR) is 85.0 cm³/mol. The minimum atomic E-state index is -0.412. The van der Waals surface area contributed by atoms with Crippen LogP contribution < -0.4 is 0 Å². The first-order chi connectivity index (χ1) is 9.81. The maximum absolute atomic E-state index is 9.51. The fraction of sp³-hybridized carbons (Fsp3) is 1.00. The van der Waals surface area contributed by atoms with Gasteiger partial charge in [-0.2, -0.15) is 0 Å². The molecule has 0 aliphatic rings. The Morgan fingerprint density at radius 1 is 0.800 bits per heavy atom. The van der Waals surface area contributed by atoms with Crippen molar-refractivity contribution in [2.45, 2.75) is 90.1 Å². The molecular weight excluding hydrogens is 252 g/mol. The van der Waals surface area contributed by atoms with Gasteiger partial charge in [0.2, 0.25) is 0 Å². The van der Waals surface area contributed by atoms with Gasteiger partial charge in [0.15, 0.2) is 0 Å². The molecule has 1 unspecified atom stereocenters. The molecule has 0 aromatic carbocycles. The second-order valence-corrected chi connectivity index (χ2v) is 5.78. The number of rotatable bonds is 16. The number of unbranched alkanes of at least 4 members (excludes halogenated alkanes) is 9. The Kier molecular flexibility index (Phi) is 16.8. The molecule has 0 fully saturated rings. The molecule has 1 atom stereocenters. The summed E-state index contributed by atoms with van der Waals surface area (Å²) in [6.07, 6.45) is 14.2. The SMILES string of the molecule is CCCCCCCCCCCCOCC(O)CCCO. The lowest BCUT2D eigenvalue weighted by atomic mass is 10.1. The van der Waals surface area contributed by atoms with Crippen LogP contribution in [0.4, 0.5) is 0 Å². The highest BCUT2D eigenvalue weighted by Crippen LogP contribution is 2.10. The lowest BCUT2D eigenvalue weighted by Crippen LogP contribution is -2.16. The van der Waals surface area contributed by atoms with Crippen LogP contribution in [0.15, 0.2) is 0 Å². The first-order valence-electron chi connectivity index (χ1n) is 8.68. The molecule has 0 bridgehead atoms. The quantitative estimate of drug-likeness (QED) is 0.421. The fourth-order valence-electron chi connectivity index (χ4n) is 2.32. The molecule has 3 nitrogen and oxygen atoms in total. The van der Waals surface area contributed by atoms with Gasteiger partial charge in [-0.15, -0.1) is 0 Å². The summed E-state index contributed by atoms with van der Waals surface area (Å²) < 4.78 is 5.43. The van der Waals surface area contributed by atoms with Crippen LogP contribution >= 0.6 is 0 Å². The van der Waals surface area contributed by atoms with Gasteiger partial charge in [0.1, 0.15) is 0 Å². The van der Waals surface area contributed by atoms with Crippen LogP contribution in [0.5, 0.6) is 0 Å². The third kappa shape index (κ3) is 15.9. The van der Waals surface area contributed by atoms with Gasteiger partial charge in [0.05, 0.1) is 12.7 Å². The molecule has 0 aromatic rings. The van der Waals surface area contributed by atoms with Crippen LogP contribution in [-0.4, -0.2) is 36.1 Å². The lowest BCUT2D eigenvalue weighted by Gasteiger charge is -2.10. The van der Waals surface area contributed by atoms with Crippen molar-refractivity contribution in [1.82, 2.24) is 0 Å². The van der Waals surface area contributed by atoms with E-state index in [1.807, 2.05) is 0 Å². The highest BCUT2D eigenvalue weighted by Gasteiger charge is 2.03. The van der Waals surface area contributed by atoms with Crippen LogP contribution in [0, 0.1) is 0 Å². The zero-order valence-electron chi connectivity index (χ0n) is 13.5. The van der Waals surface area contributed by atoms with E-state index in [1.54, 1.807) is 0 Å². The fourth-order valence-corrected chi connectivity index (χ4v) is 2.32. The van der Waals surface area contributed by atoms with E-state index in [1.165, 1.54) is 57.8 Å². The highest BCUT2D eigenvalue weighted by molar-refractivity contribution is 4.53. The molecule has 0 aromatic heterocycles. The molecule has 20 heavy (non-hydrogen) atoms. The average molecular weight is 288 g/mol. The standard InChI is InChI=1S/C17H36O3/c1-2-3-4-5-6-7-8-9-10-11-15-20-16-17(19)13-12-14-18/h17-19H,2-16H2,1H3. The number of ether oxygens (including phenoxy) is 1. The molecule has 3 heteroatoms. The molecule has 0 radical (unpaired) electrons. The molecule has 0 saturated carbocycles. The zero-order chi connectivity index (χ0) is 14.9. The Morgan fingerprint density at radius 3 is 1.90 bits per heavy atom. The Morgan fingerprint density at radius 2 is 1.35 bits per heavy atom. The van der Waals surface area contributed by atoms with Crippen molar-refractivity contribution in [3.63, 3.8) is 0 Å². The maximum atomic E-state index is 9.51. The van der Waals surface area contributed by atoms with Crippen molar-refractivity contribution in [2.75, 3.05) is 19.8 Å². The van der Waals surface area contributed by atoms with Crippen LogP contribution in [0.3, 0.4) is 0 Å². The van der Waals surface area contributed by atoms with Crippen molar-refractivity contribution >= 4 is 0 Å². The van der Waals surface area contributed by atoms with Crippen LogP contribution in [0.25, 0.3) is 0 Å². The minimum Gasteiger partial charge on any atom is -0.396 e. The summed E-state index contributed by atoms with van der Waals surface area (Å²) in [5.74, 6) is 0. The van der Waals surface area contributed by atoms with Crippen LogP contribution in [0.1, 0.15) is 84.0 Å². The van der Waals surface area contributed by atoms with E-state index in [2.05, 4.69) is 6.92 Å². The Balaban J connectivity index is 3.02. The molecule has 0 amide bonds. The number of hydrogen-bond donors (Lipinski definition) is 2. The van der Waals surface area contributed by atoms with E-state index < -0.39 is 6.10 Å². The molecule has 122 valence electrons. The Bertz CT molecular complexity index is 174. The second kappa shape index (κ2) is 16.9. The van der Waals surface area contributed by atoms with Crippen molar-refractivity contribution in [2.24, 2.45) is 0 Å². The van der Waals surface area contributed by atoms with Crippen LogP contribution in [-0.2, 0) is 4.74 Å². The Labute approximate surface area is 125 Å². The van der Waals surface area contributed by atoms with Crippen LogP contribution in [0.2, 0.25) is 0 Å². The van der Waals surface area contributed by atoms with Crippen molar-refractivity contribution in [3.05, 3.63) is 0 Å². The predicted octanol–water partition coefficient (Wildman–Crippen LogP) is 4.06. The van der Waals surface area contributed by atoms with Gasteiger partial charge >= 0.3 is 0 Å². The van der Waals surface area contributed by atoms with Gasteiger partial charge in [-0.1, -0.05) is 64.7 Å². The van der Waals surface area contributed by atoms with E-state index in [0.29, 0.717) is 19.4 Å².